The number of hydrogen-bond donors (Lipinski definition) is 0. The van der Waals surface area contributed by atoms with E-state index in [1.165, 1.54) is 19.3 Å². The summed E-state index contributed by atoms with van der Waals surface area (Å²) in [4.78, 5) is 16.8. The Kier molecular flexibility index (Phi) is 4.53. The molecule has 2 aliphatic rings. The molecular weight excluding hydrogens is 268 g/mol. The standard InChI is InChI=1S/C16H22N2OS/c19-16(6-5-14-7-12-20-13-14)18-9-2-8-17(10-11-18)15-3-1-4-15/h5-7,12-13,15H,1-4,8-11H2. The summed E-state index contributed by atoms with van der Waals surface area (Å²) in [5.74, 6) is 0.159. The van der Waals surface area contributed by atoms with Gasteiger partial charge in [-0.15, -0.1) is 0 Å². The van der Waals surface area contributed by atoms with Crippen LogP contribution in [-0.4, -0.2) is 47.9 Å². The zero-order valence-electron chi connectivity index (χ0n) is 11.8. The van der Waals surface area contributed by atoms with Crippen LogP contribution in [-0.2, 0) is 4.79 Å². The summed E-state index contributed by atoms with van der Waals surface area (Å²) in [6.45, 7) is 3.98. The number of nitrogens with zero attached hydrogens (tertiary/aromatic N) is 2. The van der Waals surface area contributed by atoms with Gasteiger partial charge in [0.1, 0.15) is 0 Å². The van der Waals surface area contributed by atoms with E-state index in [-0.39, 0.29) is 5.91 Å². The highest BCUT2D eigenvalue weighted by Crippen LogP contribution is 2.25. The van der Waals surface area contributed by atoms with E-state index in [9.17, 15) is 4.79 Å². The monoisotopic (exact) mass is 290 g/mol. The van der Waals surface area contributed by atoms with Crippen molar-refractivity contribution in [2.45, 2.75) is 31.7 Å². The van der Waals surface area contributed by atoms with Crippen molar-refractivity contribution >= 4 is 23.3 Å². The zero-order valence-corrected chi connectivity index (χ0v) is 12.6. The Morgan fingerprint density at radius 2 is 2.10 bits per heavy atom. The predicted octanol–water partition coefficient (Wildman–Crippen LogP) is 2.85. The quantitative estimate of drug-likeness (QED) is 0.799. The largest absolute Gasteiger partial charge is 0.338 e. The lowest BCUT2D eigenvalue weighted by atomic mass is 9.91. The van der Waals surface area contributed by atoms with Crippen molar-refractivity contribution in [3.63, 3.8) is 0 Å². The molecule has 0 radical (unpaired) electrons. The molecule has 1 saturated carbocycles. The highest BCUT2D eigenvalue weighted by atomic mass is 32.1. The van der Waals surface area contributed by atoms with Crippen LogP contribution >= 0.6 is 11.3 Å². The molecule has 0 spiro atoms. The molecule has 20 heavy (non-hydrogen) atoms. The van der Waals surface area contributed by atoms with Crippen LogP contribution < -0.4 is 0 Å². The van der Waals surface area contributed by atoms with Gasteiger partial charge in [-0.05, 0) is 47.7 Å². The molecule has 1 aromatic heterocycles. The van der Waals surface area contributed by atoms with Gasteiger partial charge in [-0.2, -0.15) is 11.3 Å². The van der Waals surface area contributed by atoms with Crippen LogP contribution in [0.3, 0.4) is 0 Å². The molecule has 1 amide bonds. The number of carbonyl (C=O) groups excluding carboxylic acids is 1. The Bertz CT molecular complexity index is 465. The van der Waals surface area contributed by atoms with Crippen LogP contribution in [0.2, 0.25) is 0 Å². The van der Waals surface area contributed by atoms with E-state index in [0.717, 1.165) is 44.2 Å². The fraction of sp³-hybridized carbons (Fsp3) is 0.562. The van der Waals surface area contributed by atoms with Gasteiger partial charge in [0.05, 0.1) is 0 Å². The third-order valence-electron chi connectivity index (χ3n) is 4.39. The molecule has 0 bridgehead atoms. The van der Waals surface area contributed by atoms with E-state index in [2.05, 4.69) is 10.3 Å². The van der Waals surface area contributed by atoms with Gasteiger partial charge in [-0.3, -0.25) is 9.69 Å². The first-order valence-corrected chi connectivity index (χ1v) is 8.50. The van der Waals surface area contributed by atoms with Crippen LogP contribution in [0.5, 0.6) is 0 Å². The van der Waals surface area contributed by atoms with Crippen LogP contribution in [0.1, 0.15) is 31.2 Å². The molecule has 2 heterocycles. The molecule has 0 N–H and O–H groups in total. The molecule has 0 atom stereocenters. The van der Waals surface area contributed by atoms with Gasteiger partial charge in [-0.25, -0.2) is 0 Å². The highest BCUT2D eigenvalue weighted by molar-refractivity contribution is 7.08. The van der Waals surface area contributed by atoms with Gasteiger partial charge in [0.25, 0.3) is 0 Å². The number of rotatable bonds is 3. The minimum absolute atomic E-state index is 0.159. The lowest BCUT2D eigenvalue weighted by molar-refractivity contribution is -0.125. The fourth-order valence-electron chi connectivity index (χ4n) is 2.92. The molecule has 1 aromatic rings. The second kappa shape index (κ2) is 6.55. The van der Waals surface area contributed by atoms with Crippen molar-refractivity contribution in [2.24, 2.45) is 0 Å². The van der Waals surface area contributed by atoms with Crippen molar-refractivity contribution in [1.82, 2.24) is 9.80 Å². The van der Waals surface area contributed by atoms with Gasteiger partial charge in [0, 0.05) is 38.3 Å². The molecule has 1 aliphatic heterocycles. The first-order valence-electron chi connectivity index (χ1n) is 7.56. The Labute approximate surface area is 124 Å². The fourth-order valence-corrected chi connectivity index (χ4v) is 3.55. The maximum absolute atomic E-state index is 12.2. The average Bonchev–Trinajstić information content (AvgIpc) is 2.80. The Hall–Kier alpha value is -1.13. The summed E-state index contributed by atoms with van der Waals surface area (Å²) in [7, 11) is 0. The van der Waals surface area contributed by atoms with Crippen molar-refractivity contribution in [1.29, 1.82) is 0 Å². The predicted molar refractivity (Wildman–Crippen MR) is 83.8 cm³/mol. The smallest absolute Gasteiger partial charge is 0.246 e. The minimum atomic E-state index is 0.159. The van der Waals surface area contributed by atoms with Crippen molar-refractivity contribution in [2.75, 3.05) is 26.2 Å². The molecule has 1 aliphatic carbocycles. The summed E-state index contributed by atoms with van der Waals surface area (Å²) in [6, 6.07) is 2.83. The maximum Gasteiger partial charge on any atom is 0.246 e. The van der Waals surface area contributed by atoms with Crippen molar-refractivity contribution in [3.05, 3.63) is 28.5 Å². The molecule has 2 fully saturated rings. The number of carbonyl (C=O) groups is 1. The number of amides is 1. The average molecular weight is 290 g/mol. The van der Waals surface area contributed by atoms with Crippen LogP contribution in [0.15, 0.2) is 22.9 Å². The van der Waals surface area contributed by atoms with Gasteiger partial charge < -0.3 is 4.90 Å². The van der Waals surface area contributed by atoms with Crippen LogP contribution in [0.25, 0.3) is 6.08 Å². The Balaban J connectivity index is 1.53. The SMILES string of the molecule is O=C(C=Cc1ccsc1)N1CCCN(C2CCC2)CC1. The van der Waals surface area contributed by atoms with E-state index < -0.39 is 0 Å². The minimum Gasteiger partial charge on any atom is -0.338 e. The maximum atomic E-state index is 12.2. The summed E-state index contributed by atoms with van der Waals surface area (Å²) < 4.78 is 0. The molecule has 3 nitrogen and oxygen atoms in total. The zero-order chi connectivity index (χ0) is 13.8. The van der Waals surface area contributed by atoms with Crippen molar-refractivity contribution in [3.8, 4) is 0 Å². The highest BCUT2D eigenvalue weighted by Gasteiger charge is 2.27. The summed E-state index contributed by atoms with van der Waals surface area (Å²) in [6.07, 6.45) is 8.84. The van der Waals surface area contributed by atoms with Gasteiger partial charge in [-0.1, -0.05) is 6.42 Å². The normalized spacial score (nSPS) is 21.9. The number of thiophene rings is 1. The van der Waals surface area contributed by atoms with Gasteiger partial charge in [0.15, 0.2) is 0 Å². The summed E-state index contributed by atoms with van der Waals surface area (Å²) >= 11 is 1.66. The van der Waals surface area contributed by atoms with E-state index in [0.29, 0.717) is 0 Å². The molecule has 0 unspecified atom stereocenters. The second-order valence-corrected chi connectivity index (χ2v) is 6.47. The van der Waals surface area contributed by atoms with E-state index >= 15 is 0 Å². The first kappa shape index (κ1) is 13.8. The lowest BCUT2D eigenvalue weighted by Crippen LogP contribution is -2.42. The molecular formula is C16H22N2OS. The lowest BCUT2D eigenvalue weighted by Gasteiger charge is -2.36. The molecule has 1 saturated heterocycles. The summed E-state index contributed by atoms with van der Waals surface area (Å²) in [5, 5.41) is 4.09. The topological polar surface area (TPSA) is 23.6 Å². The van der Waals surface area contributed by atoms with Crippen LogP contribution in [0.4, 0.5) is 0 Å². The molecule has 0 aromatic carbocycles. The molecule has 3 rings (SSSR count). The molecule has 108 valence electrons. The van der Waals surface area contributed by atoms with E-state index in [4.69, 9.17) is 0 Å². The van der Waals surface area contributed by atoms with E-state index in [1.807, 2.05) is 22.4 Å². The number of hydrogen-bond acceptors (Lipinski definition) is 3. The van der Waals surface area contributed by atoms with Crippen molar-refractivity contribution < 1.29 is 4.79 Å². The van der Waals surface area contributed by atoms with Gasteiger partial charge in [0.2, 0.25) is 5.91 Å². The first-order chi connectivity index (χ1) is 9.83. The second-order valence-electron chi connectivity index (χ2n) is 5.69. The third kappa shape index (κ3) is 3.30. The van der Waals surface area contributed by atoms with E-state index in [1.54, 1.807) is 17.4 Å². The third-order valence-corrected chi connectivity index (χ3v) is 5.10. The summed E-state index contributed by atoms with van der Waals surface area (Å²) in [5.41, 5.74) is 1.12. The van der Waals surface area contributed by atoms with Crippen LogP contribution in [0, 0.1) is 0 Å². The Morgan fingerprint density at radius 3 is 2.80 bits per heavy atom. The molecule has 4 heteroatoms. The van der Waals surface area contributed by atoms with Gasteiger partial charge >= 0.3 is 0 Å². The Morgan fingerprint density at radius 1 is 1.20 bits per heavy atom.